The van der Waals surface area contributed by atoms with Gasteiger partial charge >= 0.3 is 0 Å². The average molecular weight is 450 g/mol. The highest BCUT2D eigenvalue weighted by molar-refractivity contribution is 7.08. The van der Waals surface area contributed by atoms with Crippen molar-refractivity contribution in [2.45, 2.75) is 25.4 Å². The normalized spacial score (nSPS) is 18.1. The zero-order valence-electron chi connectivity index (χ0n) is 16.3. The van der Waals surface area contributed by atoms with Crippen LogP contribution < -0.4 is 4.74 Å². The van der Waals surface area contributed by atoms with Crippen LogP contribution in [0.1, 0.15) is 24.8 Å². The molecule has 0 unspecified atom stereocenters. The molecule has 0 N–H and O–H groups in total. The molecule has 29 heavy (non-hydrogen) atoms. The summed E-state index contributed by atoms with van der Waals surface area (Å²) >= 11 is 13.8. The number of benzene rings is 1. The molecule has 154 valence electrons. The van der Waals surface area contributed by atoms with Gasteiger partial charge in [-0.15, -0.1) is 0 Å². The number of thiophene rings is 1. The minimum Gasteiger partial charge on any atom is -0.490 e. The van der Waals surface area contributed by atoms with Crippen LogP contribution in [0.4, 0.5) is 0 Å². The summed E-state index contributed by atoms with van der Waals surface area (Å²) in [6, 6.07) is 7.60. The Bertz CT molecular complexity index is 861. The van der Waals surface area contributed by atoms with Crippen LogP contribution in [0.15, 0.2) is 52.3 Å². The maximum atomic E-state index is 6.08. The van der Waals surface area contributed by atoms with E-state index in [0.29, 0.717) is 10.0 Å². The second-order valence-electron chi connectivity index (χ2n) is 7.41. The Kier molecular flexibility index (Phi) is 7.14. The van der Waals surface area contributed by atoms with Gasteiger partial charge in [0.1, 0.15) is 18.5 Å². The number of hydrogen-bond donors (Lipinski definition) is 0. The van der Waals surface area contributed by atoms with Crippen LogP contribution >= 0.6 is 34.5 Å². The number of hydrogen-bond acceptors (Lipinski definition) is 5. The summed E-state index contributed by atoms with van der Waals surface area (Å²) in [5, 5.41) is 5.34. The van der Waals surface area contributed by atoms with Gasteiger partial charge in [0.05, 0.1) is 15.8 Å². The first-order valence-electron chi connectivity index (χ1n) is 10.0. The monoisotopic (exact) mass is 449 g/mol. The predicted molar refractivity (Wildman–Crippen MR) is 123 cm³/mol. The van der Waals surface area contributed by atoms with Crippen LogP contribution in [-0.2, 0) is 0 Å². The van der Waals surface area contributed by atoms with Gasteiger partial charge in [0.2, 0.25) is 0 Å². The second-order valence-corrected chi connectivity index (χ2v) is 9.01. The van der Waals surface area contributed by atoms with E-state index in [1.54, 1.807) is 23.5 Å². The predicted octanol–water partition coefficient (Wildman–Crippen LogP) is 5.56. The molecule has 1 aromatic heterocycles. The molecule has 2 aliphatic heterocycles. The Morgan fingerprint density at radius 2 is 1.97 bits per heavy atom. The molecule has 4 rings (SSSR count). The standard InChI is InChI=1S/C22H25Cl2N3OS/c23-20-3-2-19(14-21(20)24)28-18-4-10-26(11-5-18)8-1-9-27-12-6-22(25-16-27)17-7-13-29-15-17/h2-3,6-7,12-15,18H,1,4-5,8-11,16H2. The Balaban J connectivity index is 1.14. The lowest BCUT2D eigenvalue weighted by Crippen LogP contribution is -2.39. The topological polar surface area (TPSA) is 28.1 Å². The van der Waals surface area contributed by atoms with E-state index < -0.39 is 0 Å². The number of likely N-dealkylation sites (tertiary alicyclic amines) is 1. The van der Waals surface area contributed by atoms with Crippen LogP contribution in [-0.4, -0.2) is 54.5 Å². The summed E-state index contributed by atoms with van der Waals surface area (Å²) in [7, 11) is 0. The lowest BCUT2D eigenvalue weighted by Gasteiger charge is -2.32. The van der Waals surface area contributed by atoms with E-state index in [1.165, 1.54) is 5.56 Å². The first-order chi connectivity index (χ1) is 14.2. The molecule has 7 heteroatoms. The van der Waals surface area contributed by atoms with Gasteiger partial charge in [0.25, 0.3) is 0 Å². The molecular weight excluding hydrogens is 425 g/mol. The lowest BCUT2D eigenvalue weighted by molar-refractivity contribution is 0.0986. The third-order valence-corrected chi connectivity index (χ3v) is 6.75. The molecule has 3 heterocycles. The van der Waals surface area contributed by atoms with Crippen molar-refractivity contribution in [2.24, 2.45) is 4.99 Å². The van der Waals surface area contributed by atoms with E-state index in [2.05, 4.69) is 38.9 Å². The van der Waals surface area contributed by atoms with E-state index in [1.807, 2.05) is 6.07 Å². The largest absolute Gasteiger partial charge is 0.490 e. The van der Waals surface area contributed by atoms with Crippen molar-refractivity contribution in [3.05, 3.63) is 62.9 Å². The van der Waals surface area contributed by atoms with Crippen LogP contribution in [0.3, 0.4) is 0 Å². The van der Waals surface area contributed by atoms with E-state index in [4.69, 9.17) is 32.9 Å². The zero-order valence-corrected chi connectivity index (χ0v) is 18.6. The number of halogens is 2. The van der Waals surface area contributed by atoms with Gasteiger partial charge in [0, 0.05) is 42.8 Å². The molecule has 4 nitrogen and oxygen atoms in total. The Morgan fingerprint density at radius 1 is 1.10 bits per heavy atom. The average Bonchev–Trinajstić information content (AvgIpc) is 3.28. The lowest BCUT2D eigenvalue weighted by atomic mass is 10.1. The number of piperidine rings is 1. The van der Waals surface area contributed by atoms with E-state index in [-0.39, 0.29) is 6.10 Å². The van der Waals surface area contributed by atoms with Gasteiger partial charge in [0.15, 0.2) is 0 Å². The van der Waals surface area contributed by atoms with Crippen molar-refractivity contribution in [1.29, 1.82) is 0 Å². The van der Waals surface area contributed by atoms with Crippen molar-refractivity contribution in [2.75, 3.05) is 32.8 Å². The van der Waals surface area contributed by atoms with Gasteiger partial charge in [-0.3, -0.25) is 4.99 Å². The fourth-order valence-corrected chi connectivity index (χ4v) is 4.61. The van der Waals surface area contributed by atoms with Crippen molar-refractivity contribution >= 4 is 40.3 Å². The van der Waals surface area contributed by atoms with Crippen molar-refractivity contribution in [1.82, 2.24) is 9.80 Å². The van der Waals surface area contributed by atoms with Crippen LogP contribution in [0.5, 0.6) is 5.75 Å². The Hall–Kier alpha value is -1.53. The fourth-order valence-electron chi connectivity index (χ4n) is 3.68. The Morgan fingerprint density at radius 3 is 2.66 bits per heavy atom. The van der Waals surface area contributed by atoms with Crippen LogP contribution in [0, 0.1) is 0 Å². The van der Waals surface area contributed by atoms with Crippen LogP contribution in [0.2, 0.25) is 10.0 Å². The molecular formula is C22H25Cl2N3OS. The molecule has 1 aromatic carbocycles. The summed E-state index contributed by atoms with van der Waals surface area (Å²) < 4.78 is 6.08. The number of aliphatic imine (C=N–C) groups is 1. The minimum absolute atomic E-state index is 0.249. The summed E-state index contributed by atoms with van der Waals surface area (Å²) in [6.45, 7) is 5.05. The zero-order chi connectivity index (χ0) is 20.1. The van der Waals surface area contributed by atoms with E-state index >= 15 is 0 Å². The minimum atomic E-state index is 0.249. The smallest absolute Gasteiger partial charge is 0.121 e. The summed E-state index contributed by atoms with van der Waals surface area (Å²) in [5.41, 5.74) is 2.31. The van der Waals surface area contributed by atoms with Gasteiger partial charge in [-0.2, -0.15) is 11.3 Å². The van der Waals surface area contributed by atoms with Gasteiger partial charge in [-0.25, -0.2) is 0 Å². The SMILES string of the molecule is Clc1ccc(OC2CCN(CCCN3C=CC(c4ccsc4)=NC3)CC2)cc1Cl. The Labute approximate surface area is 186 Å². The van der Waals surface area contributed by atoms with E-state index in [0.717, 1.165) is 63.6 Å². The second kappa shape index (κ2) is 9.98. The molecule has 2 aliphatic rings. The molecule has 0 aliphatic carbocycles. The van der Waals surface area contributed by atoms with Crippen molar-refractivity contribution in [3.8, 4) is 5.75 Å². The molecule has 1 fully saturated rings. The summed E-state index contributed by atoms with van der Waals surface area (Å²) in [4.78, 5) is 9.51. The molecule has 0 bridgehead atoms. The van der Waals surface area contributed by atoms with Crippen molar-refractivity contribution < 1.29 is 4.74 Å². The maximum absolute atomic E-state index is 6.08. The summed E-state index contributed by atoms with van der Waals surface area (Å²) in [6.07, 6.45) is 7.77. The number of allylic oxidation sites excluding steroid dienone is 1. The quantitative estimate of drug-likeness (QED) is 0.553. The van der Waals surface area contributed by atoms with Gasteiger partial charge in [-0.1, -0.05) is 23.2 Å². The number of ether oxygens (including phenoxy) is 1. The molecule has 1 saturated heterocycles. The third-order valence-electron chi connectivity index (χ3n) is 5.33. The fraction of sp³-hybridized carbons (Fsp3) is 0.409. The molecule has 0 saturated carbocycles. The number of nitrogens with zero attached hydrogens (tertiary/aromatic N) is 3. The summed E-state index contributed by atoms with van der Waals surface area (Å²) in [5.74, 6) is 0.803. The van der Waals surface area contributed by atoms with E-state index in [9.17, 15) is 0 Å². The molecule has 0 atom stereocenters. The molecule has 0 radical (unpaired) electrons. The molecule has 2 aromatic rings. The van der Waals surface area contributed by atoms with Crippen LogP contribution in [0.25, 0.3) is 0 Å². The molecule has 0 spiro atoms. The van der Waals surface area contributed by atoms with Gasteiger partial charge < -0.3 is 14.5 Å². The highest BCUT2D eigenvalue weighted by Gasteiger charge is 2.20. The maximum Gasteiger partial charge on any atom is 0.121 e. The molecule has 0 amide bonds. The highest BCUT2D eigenvalue weighted by Crippen LogP contribution is 2.28. The highest BCUT2D eigenvalue weighted by atomic mass is 35.5. The van der Waals surface area contributed by atoms with Crippen molar-refractivity contribution in [3.63, 3.8) is 0 Å². The number of rotatable bonds is 7. The van der Waals surface area contributed by atoms with Gasteiger partial charge in [-0.05, 0) is 55.5 Å². The first-order valence-corrected chi connectivity index (χ1v) is 11.7. The first kappa shape index (κ1) is 20.7. The third kappa shape index (κ3) is 5.76.